The Hall–Kier alpha value is -1.96. The zero-order valence-electron chi connectivity index (χ0n) is 12.8. The number of benzene rings is 2. The van der Waals surface area contributed by atoms with Crippen molar-refractivity contribution in [1.29, 1.82) is 5.26 Å². The van der Waals surface area contributed by atoms with Gasteiger partial charge in [0, 0.05) is 10.8 Å². The van der Waals surface area contributed by atoms with E-state index in [0.717, 1.165) is 11.1 Å². The summed E-state index contributed by atoms with van der Waals surface area (Å²) >= 11 is 7.65. The van der Waals surface area contributed by atoms with Gasteiger partial charge in [0.25, 0.3) is 0 Å². The summed E-state index contributed by atoms with van der Waals surface area (Å²) in [6, 6.07) is 16.9. The number of halogens is 1. The first kappa shape index (κ1) is 17.4. The average Bonchev–Trinajstić information content (AvgIpc) is 2.55. The number of rotatable bonds is 6. The van der Waals surface area contributed by atoms with Gasteiger partial charge in [0.15, 0.2) is 0 Å². The predicted molar refractivity (Wildman–Crippen MR) is 95.3 cm³/mol. The Morgan fingerprint density at radius 2 is 2.09 bits per heavy atom. The van der Waals surface area contributed by atoms with Crippen molar-refractivity contribution in [3.05, 3.63) is 70.2 Å². The molecule has 118 valence electrons. The highest BCUT2D eigenvalue weighted by Crippen LogP contribution is 2.22. The van der Waals surface area contributed by atoms with Gasteiger partial charge in [-0.15, -0.1) is 11.8 Å². The van der Waals surface area contributed by atoms with Gasteiger partial charge in [-0.25, -0.2) is 0 Å². The standard InChI is InChI=1S/C18H17ClN2OS/c1-13(16-7-2-3-8-17(16)19)21-18(22)12-23-11-15-6-4-5-14(9-15)10-20/h2-9,13H,11-12H2,1H3,(H,21,22)/t13-/m1/s1. The van der Waals surface area contributed by atoms with Crippen LogP contribution in [0.1, 0.15) is 29.7 Å². The van der Waals surface area contributed by atoms with E-state index in [1.54, 1.807) is 6.07 Å². The average molecular weight is 345 g/mol. The van der Waals surface area contributed by atoms with Crippen LogP contribution >= 0.6 is 23.4 Å². The third-order valence-corrected chi connectivity index (χ3v) is 4.66. The third kappa shape index (κ3) is 5.31. The molecule has 1 amide bonds. The van der Waals surface area contributed by atoms with E-state index in [9.17, 15) is 4.79 Å². The maximum atomic E-state index is 12.0. The van der Waals surface area contributed by atoms with Crippen molar-refractivity contribution in [3.63, 3.8) is 0 Å². The Balaban J connectivity index is 1.81. The van der Waals surface area contributed by atoms with Gasteiger partial charge in [0.1, 0.15) is 0 Å². The quantitative estimate of drug-likeness (QED) is 0.848. The van der Waals surface area contributed by atoms with E-state index in [1.807, 2.05) is 49.4 Å². The molecule has 0 radical (unpaired) electrons. The first-order valence-electron chi connectivity index (χ1n) is 7.20. The van der Waals surface area contributed by atoms with Gasteiger partial charge in [0.05, 0.1) is 23.4 Å². The second-order valence-corrected chi connectivity index (χ2v) is 6.51. The van der Waals surface area contributed by atoms with Crippen LogP contribution in [-0.4, -0.2) is 11.7 Å². The van der Waals surface area contributed by atoms with E-state index >= 15 is 0 Å². The van der Waals surface area contributed by atoms with Crippen molar-refractivity contribution in [2.45, 2.75) is 18.7 Å². The van der Waals surface area contributed by atoms with Crippen molar-refractivity contribution in [2.24, 2.45) is 0 Å². The van der Waals surface area contributed by atoms with Crippen molar-refractivity contribution < 1.29 is 4.79 Å². The summed E-state index contributed by atoms with van der Waals surface area (Å²) in [5.74, 6) is 1.04. The third-order valence-electron chi connectivity index (χ3n) is 3.31. The van der Waals surface area contributed by atoms with E-state index in [-0.39, 0.29) is 11.9 Å². The topological polar surface area (TPSA) is 52.9 Å². The van der Waals surface area contributed by atoms with Crippen LogP contribution in [-0.2, 0) is 10.5 Å². The molecule has 2 rings (SSSR count). The van der Waals surface area contributed by atoms with Crippen LogP contribution < -0.4 is 5.32 Å². The smallest absolute Gasteiger partial charge is 0.230 e. The van der Waals surface area contributed by atoms with Crippen LogP contribution in [0.15, 0.2) is 48.5 Å². The number of hydrogen-bond acceptors (Lipinski definition) is 3. The molecule has 0 bridgehead atoms. The minimum absolute atomic E-state index is 0.0288. The fourth-order valence-electron chi connectivity index (χ4n) is 2.18. The van der Waals surface area contributed by atoms with Gasteiger partial charge in [0.2, 0.25) is 5.91 Å². The molecule has 1 N–H and O–H groups in total. The minimum Gasteiger partial charge on any atom is -0.349 e. The van der Waals surface area contributed by atoms with E-state index in [2.05, 4.69) is 11.4 Å². The van der Waals surface area contributed by atoms with Crippen LogP contribution in [0.25, 0.3) is 0 Å². The normalized spacial score (nSPS) is 11.5. The fourth-order valence-corrected chi connectivity index (χ4v) is 3.26. The van der Waals surface area contributed by atoms with Gasteiger partial charge < -0.3 is 5.32 Å². The summed E-state index contributed by atoms with van der Waals surface area (Å²) in [7, 11) is 0. The Morgan fingerprint density at radius 1 is 1.30 bits per heavy atom. The highest BCUT2D eigenvalue weighted by molar-refractivity contribution is 7.99. The monoisotopic (exact) mass is 344 g/mol. The van der Waals surface area contributed by atoms with Crippen molar-refractivity contribution in [3.8, 4) is 6.07 Å². The predicted octanol–water partition coefficient (Wildman–Crippen LogP) is 4.32. The summed E-state index contributed by atoms with van der Waals surface area (Å²) in [6.45, 7) is 1.92. The summed E-state index contributed by atoms with van der Waals surface area (Å²) in [5.41, 5.74) is 2.59. The lowest BCUT2D eigenvalue weighted by atomic mass is 10.1. The summed E-state index contributed by atoms with van der Waals surface area (Å²) in [6.07, 6.45) is 0. The molecule has 3 nitrogen and oxygen atoms in total. The highest BCUT2D eigenvalue weighted by atomic mass is 35.5. The number of amides is 1. The number of nitrogens with one attached hydrogen (secondary N) is 1. The minimum atomic E-state index is -0.126. The molecule has 0 saturated heterocycles. The van der Waals surface area contributed by atoms with E-state index < -0.39 is 0 Å². The van der Waals surface area contributed by atoms with E-state index in [4.69, 9.17) is 16.9 Å². The molecule has 0 heterocycles. The molecule has 0 aliphatic carbocycles. The van der Waals surface area contributed by atoms with Crippen LogP contribution in [0, 0.1) is 11.3 Å². The maximum Gasteiger partial charge on any atom is 0.230 e. The van der Waals surface area contributed by atoms with Crippen LogP contribution in [0.3, 0.4) is 0 Å². The molecular weight excluding hydrogens is 328 g/mol. The van der Waals surface area contributed by atoms with Gasteiger partial charge in [-0.1, -0.05) is 41.9 Å². The van der Waals surface area contributed by atoms with Crippen molar-refractivity contribution >= 4 is 29.3 Å². The van der Waals surface area contributed by atoms with Crippen molar-refractivity contribution in [2.75, 3.05) is 5.75 Å². The molecule has 2 aromatic carbocycles. The Kier molecular flexibility index (Phi) is 6.52. The number of carbonyl (C=O) groups is 1. The SMILES string of the molecule is C[C@@H](NC(=O)CSCc1cccc(C#N)c1)c1ccccc1Cl. The molecule has 0 aliphatic heterocycles. The molecule has 0 saturated carbocycles. The van der Waals surface area contributed by atoms with E-state index in [0.29, 0.717) is 22.1 Å². The Morgan fingerprint density at radius 3 is 2.83 bits per heavy atom. The highest BCUT2D eigenvalue weighted by Gasteiger charge is 2.12. The zero-order chi connectivity index (χ0) is 16.7. The molecule has 0 aromatic heterocycles. The maximum absolute atomic E-state index is 12.0. The Bertz CT molecular complexity index is 727. The summed E-state index contributed by atoms with van der Waals surface area (Å²) in [4.78, 5) is 12.0. The van der Waals surface area contributed by atoms with Crippen molar-refractivity contribution in [1.82, 2.24) is 5.32 Å². The van der Waals surface area contributed by atoms with Crippen LogP contribution in [0.2, 0.25) is 5.02 Å². The largest absolute Gasteiger partial charge is 0.349 e. The number of nitrogens with zero attached hydrogens (tertiary/aromatic N) is 1. The lowest BCUT2D eigenvalue weighted by molar-refractivity contribution is -0.119. The molecule has 0 unspecified atom stereocenters. The van der Waals surface area contributed by atoms with Gasteiger partial charge in [-0.2, -0.15) is 5.26 Å². The lowest BCUT2D eigenvalue weighted by Crippen LogP contribution is -2.28. The fraction of sp³-hybridized carbons (Fsp3) is 0.222. The van der Waals surface area contributed by atoms with Gasteiger partial charge in [-0.3, -0.25) is 4.79 Å². The number of carbonyl (C=O) groups excluding carboxylic acids is 1. The first-order chi connectivity index (χ1) is 11.1. The van der Waals surface area contributed by atoms with E-state index in [1.165, 1.54) is 11.8 Å². The molecule has 1 atom stereocenters. The molecule has 2 aromatic rings. The molecule has 5 heteroatoms. The van der Waals surface area contributed by atoms with Crippen LogP contribution in [0.4, 0.5) is 0 Å². The lowest BCUT2D eigenvalue weighted by Gasteiger charge is -2.15. The number of nitriles is 1. The molecule has 0 spiro atoms. The van der Waals surface area contributed by atoms with Gasteiger partial charge >= 0.3 is 0 Å². The second-order valence-electron chi connectivity index (χ2n) is 5.12. The van der Waals surface area contributed by atoms with Crippen LogP contribution in [0.5, 0.6) is 0 Å². The number of hydrogen-bond donors (Lipinski definition) is 1. The molecule has 23 heavy (non-hydrogen) atoms. The molecular formula is C18H17ClN2OS. The van der Waals surface area contributed by atoms with Gasteiger partial charge in [-0.05, 0) is 36.2 Å². The first-order valence-corrected chi connectivity index (χ1v) is 8.74. The second kappa shape index (κ2) is 8.61. The number of thioether (sulfide) groups is 1. The molecule has 0 aliphatic rings. The summed E-state index contributed by atoms with van der Waals surface area (Å²) in [5, 5.41) is 12.5. The Labute approximate surface area is 145 Å². The molecule has 0 fully saturated rings. The zero-order valence-corrected chi connectivity index (χ0v) is 14.3. The summed E-state index contributed by atoms with van der Waals surface area (Å²) < 4.78 is 0.